The van der Waals surface area contributed by atoms with Gasteiger partial charge in [0.2, 0.25) is 0 Å². The predicted molar refractivity (Wildman–Crippen MR) is 49.8 cm³/mol. The van der Waals surface area contributed by atoms with E-state index >= 15 is 0 Å². The van der Waals surface area contributed by atoms with E-state index in [-0.39, 0.29) is 48.8 Å². The molecule has 78 valence electrons. The highest BCUT2D eigenvalue weighted by atomic mass is 16.2. The highest BCUT2D eigenvalue weighted by molar-refractivity contribution is 6.10. The van der Waals surface area contributed by atoms with E-state index in [0.29, 0.717) is 0 Å². The maximum Gasteiger partial charge on any atom is 0.147 e. The Morgan fingerprint density at radius 2 is 1.14 bits per heavy atom. The molecule has 0 aromatic carbocycles. The van der Waals surface area contributed by atoms with Gasteiger partial charge in [-0.1, -0.05) is 0 Å². The third kappa shape index (κ3) is 7.34. The van der Waals surface area contributed by atoms with Gasteiger partial charge in [0.15, 0.2) is 0 Å². The van der Waals surface area contributed by atoms with E-state index < -0.39 is 0 Å². The van der Waals surface area contributed by atoms with Gasteiger partial charge in [-0.2, -0.15) is 0 Å². The van der Waals surface area contributed by atoms with E-state index in [9.17, 15) is 19.2 Å². The zero-order chi connectivity index (χ0) is 11.1. The van der Waals surface area contributed by atoms with Gasteiger partial charge in [-0.3, -0.25) is 14.4 Å². The Morgan fingerprint density at radius 1 is 0.857 bits per heavy atom. The van der Waals surface area contributed by atoms with Crippen LogP contribution in [0.25, 0.3) is 0 Å². The molecule has 4 nitrogen and oxygen atoms in total. The number of Topliss-reactive ketones (excluding diaryl/α,β-unsaturated/α-hetero) is 4. The van der Waals surface area contributed by atoms with Crippen molar-refractivity contribution in [2.45, 2.75) is 39.5 Å². The number of hydrogen-bond donors (Lipinski definition) is 0. The van der Waals surface area contributed by atoms with E-state index in [1.54, 1.807) is 0 Å². The van der Waals surface area contributed by atoms with Crippen LogP contribution in [0.3, 0.4) is 0 Å². The second-order valence-corrected chi connectivity index (χ2v) is 3.38. The Kier molecular flexibility index (Phi) is 5.60. The van der Waals surface area contributed by atoms with Crippen molar-refractivity contribution in [1.29, 1.82) is 0 Å². The van der Waals surface area contributed by atoms with Crippen LogP contribution in [-0.2, 0) is 19.2 Å². The molecule has 1 rings (SSSR count). The summed E-state index contributed by atoms with van der Waals surface area (Å²) in [5.74, 6) is -0.265. The van der Waals surface area contributed by atoms with Gasteiger partial charge >= 0.3 is 0 Å². The standard InChI is InChI=1S/C7H8O3.C3H6O/c8-5-1-2-6(9)4-7(10)3-5;1-3(2)4/h1-4H2;1-2H3. The van der Waals surface area contributed by atoms with Crippen LogP contribution in [0.4, 0.5) is 0 Å². The smallest absolute Gasteiger partial charge is 0.147 e. The fourth-order valence-corrected chi connectivity index (χ4v) is 0.958. The van der Waals surface area contributed by atoms with Crippen LogP contribution in [0.5, 0.6) is 0 Å². The lowest BCUT2D eigenvalue weighted by Gasteiger charge is -1.86. The molecular formula is C10H14O4. The zero-order valence-corrected chi connectivity index (χ0v) is 8.46. The Bertz CT molecular complexity index is 241. The summed E-state index contributed by atoms with van der Waals surface area (Å²) >= 11 is 0. The molecule has 0 amide bonds. The largest absolute Gasteiger partial charge is 0.300 e. The van der Waals surface area contributed by atoms with Crippen molar-refractivity contribution in [2.75, 3.05) is 0 Å². The van der Waals surface area contributed by atoms with E-state index in [0.717, 1.165) is 0 Å². The lowest BCUT2D eigenvalue weighted by atomic mass is 10.2. The lowest BCUT2D eigenvalue weighted by Crippen LogP contribution is -2.04. The lowest BCUT2D eigenvalue weighted by molar-refractivity contribution is -0.127. The summed E-state index contributed by atoms with van der Waals surface area (Å²) in [6.07, 6.45) is 0.437. The van der Waals surface area contributed by atoms with Crippen LogP contribution < -0.4 is 0 Å². The first kappa shape index (κ1) is 12.7. The second kappa shape index (κ2) is 6.18. The molecule has 0 aromatic heterocycles. The summed E-state index contributed by atoms with van der Waals surface area (Å²) in [6.45, 7) is 3.06. The summed E-state index contributed by atoms with van der Waals surface area (Å²) in [6, 6.07) is 0. The second-order valence-electron chi connectivity index (χ2n) is 3.38. The van der Waals surface area contributed by atoms with Gasteiger partial charge < -0.3 is 4.79 Å². The van der Waals surface area contributed by atoms with Gasteiger partial charge in [0.1, 0.15) is 23.1 Å². The molecule has 0 unspecified atom stereocenters. The van der Waals surface area contributed by atoms with E-state index in [2.05, 4.69) is 0 Å². The first-order valence-corrected chi connectivity index (χ1v) is 4.44. The minimum absolute atomic E-state index is 0.0360. The van der Waals surface area contributed by atoms with Crippen molar-refractivity contribution in [3.05, 3.63) is 0 Å². The van der Waals surface area contributed by atoms with Crippen molar-refractivity contribution >= 4 is 23.1 Å². The maximum atomic E-state index is 10.7. The highest BCUT2D eigenvalue weighted by Crippen LogP contribution is 2.07. The Hall–Kier alpha value is -1.32. The molecule has 1 aliphatic carbocycles. The molecule has 0 aliphatic heterocycles. The van der Waals surface area contributed by atoms with E-state index in [1.165, 1.54) is 13.8 Å². The van der Waals surface area contributed by atoms with Crippen LogP contribution >= 0.6 is 0 Å². The topological polar surface area (TPSA) is 68.3 Å². The minimum atomic E-state index is -0.229. The number of hydrogen-bond acceptors (Lipinski definition) is 4. The van der Waals surface area contributed by atoms with Gasteiger partial charge in [0, 0.05) is 12.8 Å². The van der Waals surface area contributed by atoms with Crippen molar-refractivity contribution in [3.63, 3.8) is 0 Å². The van der Waals surface area contributed by atoms with Crippen LogP contribution in [0.2, 0.25) is 0 Å². The molecule has 0 aromatic rings. The quantitative estimate of drug-likeness (QED) is 0.427. The summed E-state index contributed by atoms with van der Waals surface area (Å²) in [7, 11) is 0. The molecule has 0 N–H and O–H groups in total. The Balaban J connectivity index is 0.000000364. The minimum Gasteiger partial charge on any atom is -0.300 e. The zero-order valence-electron chi connectivity index (χ0n) is 8.46. The van der Waals surface area contributed by atoms with Gasteiger partial charge in [0.05, 0.1) is 12.8 Å². The third-order valence-electron chi connectivity index (χ3n) is 1.47. The predicted octanol–water partition coefficient (Wildman–Crippen LogP) is 0.863. The summed E-state index contributed by atoms with van der Waals surface area (Å²) in [5, 5.41) is 0. The molecule has 1 saturated carbocycles. The maximum absolute atomic E-state index is 10.7. The third-order valence-corrected chi connectivity index (χ3v) is 1.47. The molecule has 0 spiro atoms. The monoisotopic (exact) mass is 198 g/mol. The molecule has 0 bridgehead atoms. The van der Waals surface area contributed by atoms with Gasteiger partial charge in [-0.15, -0.1) is 0 Å². The van der Waals surface area contributed by atoms with Crippen LogP contribution in [0.1, 0.15) is 39.5 Å². The van der Waals surface area contributed by atoms with Crippen LogP contribution in [0.15, 0.2) is 0 Å². The van der Waals surface area contributed by atoms with Crippen molar-refractivity contribution < 1.29 is 19.2 Å². The molecule has 1 aliphatic rings. The van der Waals surface area contributed by atoms with Crippen LogP contribution in [-0.4, -0.2) is 23.1 Å². The molecule has 0 radical (unpaired) electrons. The van der Waals surface area contributed by atoms with Crippen molar-refractivity contribution in [1.82, 2.24) is 0 Å². The van der Waals surface area contributed by atoms with Crippen molar-refractivity contribution in [3.8, 4) is 0 Å². The van der Waals surface area contributed by atoms with Crippen molar-refractivity contribution in [2.24, 2.45) is 0 Å². The first-order chi connectivity index (χ1) is 6.41. The molecule has 1 fully saturated rings. The summed E-state index contributed by atoms with van der Waals surface area (Å²) in [4.78, 5) is 41.4. The van der Waals surface area contributed by atoms with E-state index in [4.69, 9.17) is 0 Å². The van der Waals surface area contributed by atoms with Gasteiger partial charge in [0.25, 0.3) is 0 Å². The number of carbonyl (C=O) groups is 4. The normalized spacial score (nSPS) is 16.9. The SMILES string of the molecule is CC(C)=O.O=C1CCC(=O)CC(=O)C1. The molecule has 14 heavy (non-hydrogen) atoms. The number of rotatable bonds is 0. The van der Waals surface area contributed by atoms with Crippen LogP contribution in [0, 0.1) is 0 Å². The van der Waals surface area contributed by atoms with E-state index in [1.807, 2.05) is 0 Å². The Morgan fingerprint density at radius 3 is 1.43 bits per heavy atom. The molecule has 0 saturated heterocycles. The molecule has 0 atom stereocenters. The first-order valence-electron chi connectivity index (χ1n) is 4.44. The average Bonchev–Trinajstić information content (AvgIpc) is 2.10. The van der Waals surface area contributed by atoms with Gasteiger partial charge in [-0.25, -0.2) is 0 Å². The Labute approximate surface area is 82.7 Å². The average molecular weight is 198 g/mol. The summed E-state index contributed by atoms with van der Waals surface area (Å²) in [5.41, 5.74) is 0. The highest BCUT2D eigenvalue weighted by Gasteiger charge is 2.18. The van der Waals surface area contributed by atoms with Gasteiger partial charge in [-0.05, 0) is 13.8 Å². The molecule has 0 heterocycles. The number of ketones is 4. The number of carbonyl (C=O) groups excluding carboxylic acids is 4. The molecule has 4 heteroatoms. The molecular weight excluding hydrogens is 184 g/mol. The fourth-order valence-electron chi connectivity index (χ4n) is 0.958. The fraction of sp³-hybridized carbons (Fsp3) is 0.600. The summed E-state index contributed by atoms with van der Waals surface area (Å²) < 4.78 is 0.